The molecule has 0 saturated heterocycles. The summed E-state index contributed by atoms with van der Waals surface area (Å²) < 4.78 is 2.10. The number of halogens is 1. The summed E-state index contributed by atoms with van der Waals surface area (Å²) in [6.07, 6.45) is 1.07. The molecule has 0 aliphatic heterocycles. The number of aliphatic carboxylic acids is 1. The molecule has 0 bridgehead atoms. The first-order chi connectivity index (χ1) is 13.5. The van der Waals surface area contributed by atoms with Gasteiger partial charge in [-0.05, 0) is 48.6 Å². The van der Waals surface area contributed by atoms with Crippen LogP contribution < -0.4 is 5.56 Å². The fraction of sp³-hybridized carbons (Fsp3) is 0.263. The number of benzene rings is 1. The maximum absolute atomic E-state index is 12.8. The molecule has 0 aliphatic carbocycles. The monoisotopic (exact) mass is 436 g/mol. The van der Waals surface area contributed by atoms with Gasteiger partial charge in [0.2, 0.25) is 0 Å². The molecule has 3 rings (SSSR count). The van der Waals surface area contributed by atoms with E-state index in [1.54, 1.807) is 40.3 Å². The quantitative estimate of drug-likeness (QED) is 0.232. The number of fused-ring (bicyclic) bond motifs is 1. The average Bonchev–Trinajstić information content (AvgIpc) is 3.14. The zero-order chi connectivity index (χ0) is 20.1. The molecule has 0 radical (unpaired) electrons. The number of nitrogens with zero attached hydrogens (tertiary/aromatic N) is 2. The molecule has 0 fully saturated rings. The molecule has 0 amide bonds. The van der Waals surface area contributed by atoms with Crippen molar-refractivity contribution in [2.24, 2.45) is 0 Å². The molecule has 0 aliphatic rings. The lowest BCUT2D eigenvalue weighted by Crippen LogP contribution is -2.23. The van der Waals surface area contributed by atoms with Crippen LogP contribution in [0.1, 0.15) is 29.6 Å². The minimum atomic E-state index is -0.859. The summed E-state index contributed by atoms with van der Waals surface area (Å²) in [7, 11) is 0. The number of Topliss-reactive ketones (excluding diaryl/α,β-unsaturated/α-hetero) is 1. The second-order valence-electron chi connectivity index (χ2n) is 6.06. The molecule has 3 aromatic rings. The minimum absolute atomic E-state index is 0.0565. The zero-order valence-electron chi connectivity index (χ0n) is 14.8. The van der Waals surface area contributed by atoms with Crippen LogP contribution in [0.5, 0.6) is 0 Å². The first-order valence-corrected chi connectivity index (χ1v) is 10.8. The predicted molar refractivity (Wildman–Crippen MR) is 112 cm³/mol. The molecule has 28 heavy (non-hydrogen) atoms. The summed E-state index contributed by atoms with van der Waals surface area (Å²) in [6.45, 7) is 0.365. The summed E-state index contributed by atoms with van der Waals surface area (Å²) in [6, 6.07) is 8.43. The molecule has 2 heterocycles. The van der Waals surface area contributed by atoms with E-state index in [1.807, 2.05) is 0 Å². The number of hydrogen-bond donors (Lipinski definition) is 1. The highest BCUT2D eigenvalue weighted by Crippen LogP contribution is 2.22. The SMILES string of the molecule is O=C(O)CCCCn1c(SCC(=O)c2ccc(Cl)cc2)nc2ccsc2c1=O. The van der Waals surface area contributed by atoms with Crippen molar-refractivity contribution in [3.05, 3.63) is 56.7 Å². The Bertz CT molecular complexity index is 1060. The first-order valence-electron chi connectivity index (χ1n) is 8.57. The Hall–Kier alpha value is -2.16. The van der Waals surface area contributed by atoms with E-state index in [2.05, 4.69) is 4.98 Å². The van der Waals surface area contributed by atoms with Crippen LogP contribution in [0.2, 0.25) is 5.02 Å². The Morgan fingerprint density at radius 1 is 1.18 bits per heavy atom. The van der Waals surface area contributed by atoms with Gasteiger partial charge in [0.25, 0.3) is 5.56 Å². The van der Waals surface area contributed by atoms with Crippen molar-refractivity contribution >= 4 is 56.7 Å². The summed E-state index contributed by atoms with van der Waals surface area (Å²) >= 11 is 8.39. The molecular formula is C19H17ClN2O4S2. The van der Waals surface area contributed by atoms with E-state index in [9.17, 15) is 14.4 Å². The lowest BCUT2D eigenvalue weighted by molar-refractivity contribution is -0.137. The van der Waals surface area contributed by atoms with Gasteiger partial charge in [0.15, 0.2) is 10.9 Å². The highest BCUT2D eigenvalue weighted by molar-refractivity contribution is 7.99. The van der Waals surface area contributed by atoms with E-state index in [-0.39, 0.29) is 23.5 Å². The van der Waals surface area contributed by atoms with E-state index in [1.165, 1.54) is 23.1 Å². The molecule has 9 heteroatoms. The molecule has 1 N–H and O–H groups in total. The number of ketones is 1. The van der Waals surface area contributed by atoms with Crippen LogP contribution in [0.15, 0.2) is 45.7 Å². The van der Waals surface area contributed by atoms with Gasteiger partial charge in [-0.3, -0.25) is 19.0 Å². The Kier molecular flexibility index (Phi) is 6.88. The third-order valence-electron chi connectivity index (χ3n) is 4.05. The number of carboxylic acid groups (broad SMARTS) is 1. The van der Waals surface area contributed by atoms with Crippen molar-refractivity contribution in [2.45, 2.75) is 31.0 Å². The van der Waals surface area contributed by atoms with Crippen LogP contribution in [-0.4, -0.2) is 32.2 Å². The molecule has 0 atom stereocenters. The standard InChI is InChI=1S/C19H17ClN2O4S2/c20-13-6-4-12(5-7-13)15(23)11-28-19-21-14-8-10-27-17(14)18(26)22(19)9-2-1-3-16(24)25/h4-8,10H,1-3,9,11H2,(H,24,25). The summed E-state index contributed by atoms with van der Waals surface area (Å²) in [5, 5.41) is 11.6. The van der Waals surface area contributed by atoms with Crippen LogP contribution in [0, 0.1) is 0 Å². The number of rotatable bonds is 9. The van der Waals surface area contributed by atoms with Crippen LogP contribution >= 0.6 is 34.7 Å². The van der Waals surface area contributed by atoms with Gasteiger partial charge < -0.3 is 5.11 Å². The lowest BCUT2D eigenvalue weighted by atomic mass is 10.1. The highest BCUT2D eigenvalue weighted by atomic mass is 35.5. The normalized spacial score (nSPS) is 11.0. The molecule has 1 aromatic carbocycles. The van der Waals surface area contributed by atoms with Crippen molar-refractivity contribution in [3.63, 3.8) is 0 Å². The number of thiophene rings is 1. The summed E-state index contributed by atoms with van der Waals surface area (Å²) in [5.74, 6) is -0.806. The number of carboxylic acids is 1. The summed E-state index contributed by atoms with van der Waals surface area (Å²) in [4.78, 5) is 40.5. The van der Waals surface area contributed by atoms with Gasteiger partial charge >= 0.3 is 5.97 Å². The van der Waals surface area contributed by atoms with Crippen molar-refractivity contribution in [2.75, 3.05) is 5.75 Å². The number of aromatic nitrogens is 2. The Balaban J connectivity index is 1.79. The number of thioether (sulfide) groups is 1. The van der Waals surface area contributed by atoms with Gasteiger partial charge in [-0.25, -0.2) is 4.98 Å². The van der Waals surface area contributed by atoms with Gasteiger partial charge in [0.05, 0.1) is 11.3 Å². The smallest absolute Gasteiger partial charge is 0.303 e. The minimum Gasteiger partial charge on any atom is -0.481 e. The molecular weight excluding hydrogens is 420 g/mol. The Labute approximate surface area is 174 Å². The fourth-order valence-corrected chi connectivity index (χ4v) is 4.45. The molecule has 146 valence electrons. The van der Waals surface area contributed by atoms with Crippen LogP contribution in [-0.2, 0) is 11.3 Å². The number of unbranched alkanes of at least 4 members (excludes halogenated alkanes) is 1. The third kappa shape index (κ3) is 5.01. The Morgan fingerprint density at radius 3 is 2.64 bits per heavy atom. The largest absolute Gasteiger partial charge is 0.481 e. The topological polar surface area (TPSA) is 89.3 Å². The first kappa shape index (κ1) is 20.6. The number of carbonyl (C=O) groups excluding carboxylic acids is 1. The van der Waals surface area contributed by atoms with Gasteiger partial charge in [-0.2, -0.15) is 0 Å². The van der Waals surface area contributed by atoms with Gasteiger partial charge in [0.1, 0.15) is 4.70 Å². The maximum Gasteiger partial charge on any atom is 0.303 e. The van der Waals surface area contributed by atoms with E-state index in [0.717, 1.165) is 0 Å². The van der Waals surface area contributed by atoms with E-state index in [4.69, 9.17) is 16.7 Å². The second kappa shape index (κ2) is 9.36. The van der Waals surface area contributed by atoms with E-state index < -0.39 is 5.97 Å². The van der Waals surface area contributed by atoms with Crippen molar-refractivity contribution in [1.82, 2.24) is 9.55 Å². The Morgan fingerprint density at radius 2 is 1.93 bits per heavy atom. The van der Waals surface area contributed by atoms with Crippen molar-refractivity contribution in [3.8, 4) is 0 Å². The zero-order valence-corrected chi connectivity index (χ0v) is 17.1. The van der Waals surface area contributed by atoms with E-state index >= 15 is 0 Å². The number of carbonyl (C=O) groups is 2. The van der Waals surface area contributed by atoms with Crippen molar-refractivity contribution < 1.29 is 14.7 Å². The van der Waals surface area contributed by atoms with Gasteiger partial charge in [-0.1, -0.05) is 23.4 Å². The van der Waals surface area contributed by atoms with Crippen LogP contribution in [0.25, 0.3) is 10.2 Å². The third-order valence-corrected chi connectivity index (χ3v) is 6.17. The molecule has 6 nitrogen and oxygen atoms in total. The summed E-state index contributed by atoms with van der Waals surface area (Å²) in [5.41, 5.74) is 0.999. The van der Waals surface area contributed by atoms with Gasteiger partial charge in [-0.15, -0.1) is 11.3 Å². The molecule has 0 unspecified atom stereocenters. The van der Waals surface area contributed by atoms with E-state index in [0.29, 0.717) is 45.3 Å². The predicted octanol–water partition coefficient (Wildman–Crippen LogP) is 4.34. The van der Waals surface area contributed by atoms with Crippen LogP contribution in [0.4, 0.5) is 0 Å². The highest BCUT2D eigenvalue weighted by Gasteiger charge is 2.15. The number of hydrogen-bond acceptors (Lipinski definition) is 6. The second-order valence-corrected chi connectivity index (χ2v) is 8.35. The molecule has 0 saturated carbocycles. The van der Waals surface area contributed by atoms with Crippen LogP contribution in [0.3, 0.4) is 0 Å². The molecule has 0 spiro atoms. The fourth-order valence-electron chi connectivity index (χ4n) is 2.63. The lowest BCUT2D eigenvalue weighted by Gasteiger charge is -2.11. The van der Waals surface area contributed by atoms with Crippen molar-refractivity contribution in [1.29, 1.82) is 0 Å². The average molecular weight is 437 g/mol. The maximum atomic E-state index is 12.8. The molecule has 2 aromatic heterocycles. The van der Waals surface area contributed by atoms with Gasteiger partial charge in [0, 0.05) is 23.6 Å².